The number of piperidine rings is 1. The highest BCUT2D eigenvalue weighted by Crippen LogP contribution is 2.29. The zero-order valence-electron chi connectivity index (χ0n) is 10.7. The second-order valence-electron chi connectivity index (χ2n) is 4.88. The Bertz CT molecular complexity index is 503. The average Bonchev–Trinajstić information content (AvgIpc) is 2.29. The van der Waals surface area contributed by atoms with E-state index in [0.717, 1.165) is 19.3 Å². The Labute approximate surface area is 108 Å². The lowest BCUT2D eigenvalue weighted by atomic mass is 10.0. The van der Waals surface area contributed by atoms with Crippen molar-refractivity contribution >= 4 is 15.8 Å². The van der Waals surface area contributed by atoms with Gasteiger partial charge in [0.15, 0.2) is 0 Å². The van der Waals surface area contributed by atoms with Crippen LogP contribution in [-0.4, -0.2) is 29.8 Å². The molecule has 18 heavy (non-hydrogen) atoms. The van der Waals surface area contributed by atoms with Crippen molar-refractivity contribution in [1.29, 1.82) is 0 Å². The summed E-state index contributed by atoms with van der Waals surface area (Å²) in [5.74, 6) is 0.327. The lowest BCUT2D eigenvalue weighted by Crippen LogP contribution is -2.47. The van der Waals surface area contributed by atoms with Crippen LogP contribution in [0.5, 0.6) is 0 Å². The van der Waals surface area contributed by atoms with Crippen LogP contribution >= 0.6 is 0 Å². The number of nitrogens with two attached hydrogens (primary N) is 1. The first kappa shape index (κ1) is 13.3. The van der Waals surface area contributed by atoms with Crippen molar-refractivity contribution in [3.63, 3.8) is 0 Å². The topological polar surface area (TPSA) is 76.3 Å². The number of nitrogen functional groups attached to an aromatic ring is 1. The van der Waals surface area contributed by atoms with Gasteiger partial charge in [-0.1, -0.05) is 6.42 Å². The molecule has 2 heterocycles. The Morgan fingerprint density at radius 1 is 1.28 bits per heavy atom. The third kappa shape index (κ3) is 2.35. The summed E-state index contributed by atoms with van der Waals surface area (Å²) in [6.07, 6.45) is 4.23. The van der Waals surface area contributed by atoms with Crippen molar-refractivity contribution in [3.05, 3.63) is 18.3 Å². The van der Waals surface area contributed by atoms with Crippen LogP contribution in [0.3, 0.4) is 0 Å². The number of pyridine rings is 1. The van der Waals surface area contributed by atoms with Gasteiger partial charge in [0.05, 0.1) is 0 Å². The molecule has 6 heteroatoms. The van der Waals surface area contributed by atoms with E-state index < -0.39 is 10.0 Å². The van der Waals surface area contributed by atoms with E-state index >= 15 is 0 Å². The summed E-state index contributed by atoms with van der Waals surface area (Å²) < 4.78 is 26.7. The predicted octanol–water partition coefficient (Wildman–Crippen LogP) is 1.62. The van der Waals surface area contributed by atoms with Crippen LogP contribution in [0.2, 0.25) is 0 Å². The molecule has 1 aromatic heterocycles. The summed E-state index contributed by atoms with van der Waals surface area (Å²) in [7, 11) is -3.46. The van der Waals surface area contributed by atoms with E-state index in [9.17, 15) is 8.42 Å². The Balaban J connectivity index is 2.38. The van der Waals surface area contributed by atoms with E-state index in [1.54, 1.807) is 4.31 Å². The largest absolute Gasteiger partial charge is 0.384 e. The SMILES string of the molecule is CC1CCCC(C)N1S(=O)(=O)c1ccc(N)nc1. The Morgan fingerprint density at radius 2 is 1.89 bits per heavy atom. The van der Waals surface area contributed by atoms with Crippen molar-refractivity contribution < 1.29 is 8.42 Å². The minimum absolute atomic E-state index is 0.0382. The maximum Gasteiger partial charge on any atom is 0.245 e. The molecule has 0 radical (unpaired) electrons. The van der Waals surface area contributed by atoms with Crippen LogP contribution in [0.4, 0.5) is 5.82 Å². The number of hydrogen-bond acceptors (Lipinski definition) is 4. The Morgan fingerprint density at radius 3 is 2.39 bits per heavy atom. The van der Waals surface area contributed by atoms with Crippen LogP contribution in [0.15, 0.2) is 23.2 Å². The monoisotopic (exact) mass is 269 g/mol. The van der Waals surface area contributed by atoms with E-state index in [1.807, 2.05) is 13.8 Å². The zero-order valence-corrected chi connectivity index (χ0v) is 11.5. The quantitative estimate of drug-likeness (QED) is 0.885. The molecule has 0 aliphatic carbocycles. The van der Waals surface area contributed by atoms with E-state index in [-0.39, 0.29) is 17.0 Å². The second-order valence-corrected chi connectivity index (χ2v) is 6.73. The molecule has 1 fully saturated rings. The number of anilines is 1. The van der Waals surface area contributed by atoms with Crippen LogP contribution < -0.4 is 5.73 Å². The van der Waals surface area contributed by atoms with Crippen molar-refractivity contribution in [3.8, 4) is 0 Å². The van der Waals surface area contributed by atoms with Crippen molar-refractivity contribution in [2.75, 3.05) is 5.73 Å². The minimum Gasteiger partial charge on any atom is -0.384 e. The van der Waals surface area contributed by atoms with Crippen LogP contribution in [0.1, 0.15) is 33.1 Å². The molecule has 2 unspecified atom stereocenters. The highest BCUT2D eigenvalue weighted by Gasteiger charge is 2.35. The number of aromatic nitrogens is 1. The third-order valence-electron chi connectivity index (χ3n) is 3.45. The molecule has 1 aliphatic rings. The molecule has 2 N–H and O–H groups in total. The molecule has 100 valence electrons. The van der Waals surface area contributed by atoms with Gasteiger partial charge < -0.3 is 5.73 Å². The summed E-state index contributed by atoms with van der Waals surface area (Å²) in [6, 6.07) is 3.12. The van der Waals surface area contributed by atoms with Crippen molar-refractivity contribution in [1.82, 2.24) is 9.29 Å². The highest BCUT2D eigenvalue weighted by molar-refractivity contribution is 7.89. The zero-order chi connectivity index (χ0) is 13.3. The van der Waals surface area contributed by atoms with Gasteiger partial charge in [-0.05, 0) is 38.8 Å². The molecule has 1 aliphatic heterocycles. The normalized spacial score (nSPS) is 26.1. The van der Waals surface area contributed by atoms with Crippen molar-refractivity contribution in [2.45, 2.75) is 50.1 Å². The van der Waals surface area contributed by atoms with Crippen molar-refractivity contribution in [2.24, 2.45) is 0 Å². The van der Waals surface area contributed by atoms with Gasteiger partial charge in [0.25, 0.3) is 0 Å². The van der Waals surface area contributed by atoms with Gasteiger partial charge in [-0.15, -0.1) is 0 Å². The number of sulfonamides is 1. The molecule has 0 aromatic carbocycles. The lowest BCUT2D eigenvalue weighted by molar-refractivity contribution is 0.204. The lowest BCUT2D eigenvalue weighted by Gasteiger charge is -2.37. The summed E-state index contributed by atoms with van der Waals surface area (Å²) in [4.78, 5) is 4.08. The molecule has 0 saturated carbocycles. The smallest absolute Gasteiger partial charge is 0.245 e. The van der Waals surface area contributed by atoms with Crippen LogP contribution in [-0.2, 0) is 10.0 Å². The standard InChI is InChI=1S/C12H19N3O2S/c1-9-4-3-5-10(2)15(9)18(16,17)11-6-7-12(13)14-8-11/h6-10H,3-5H2,1-2H3,(H2,13,14). The second kappa shape index (κ2) is 4.85. The van der Waals surface area contributed by atoms with Gasteiger partial charge in [0.1, 0.15) is 10.7 Å². The Kier molecular flexibility index (Phi) is 3.59. The predicted molar refractivity (Wildman–Crippen MR) is 70.4 cm³/mol. The number of hydrogen-bond donors (Lipinski definition) is 1. The van der Waals surface area contributed by atoms with Gasteiger partial charge in [-0.25, -0.2) is 13.4 Å². The highest BCUT2D eigenvalue weighted by atomic mass is 32.2. The van der Waals surface area contributed by atoms with Gasteiger partial charge in [0, 0.05) is 18.3 Å². The molecule has 2 atom stereocenters. The first-order valence-electron chi connectivity index (χ1n) is 6.18. The van der Waals surface area contributed by atoms with Crippen LogP contribution in [0, 0.1) is 0 Å². The first-order chi connectivity index (χ1) is 8.43. The van der Waals surface area contributed by atoms with E-state index in [0.29, 0.717) is 5.82 Å². The summed E-state index contributed by atoms with van der Waals surface area (Å²) in [5.41, 5.74) is 5.48. The summed E-state index contributed by atoms with van der Waals surface area (Å²) in [5, 5.41) is 0. The number of nitrogens with zero attached hydrogens (tertiary/aromatic N) is 2. The fourth-order valence-electron chi connectivity index (χ4n) is 2.54. The number of rotatable bonds is 2. The summed E-state index contributed by atoms with van der Waals surface area (Å²) in [6.45, 7) is 3.91. The molecular weight excluding hydrogens is 250 g/mol. The van der Waals surface area contributed by atoms with Gasteiger partial charge >= 0.3 is 0 Å². The van der Waals surface area contributed by atoms with E-state index in [1.165, 1.54) is 18.3 Å². The first-order valence-corrected chi connectivity index (χ1v) is 7.62. The van der Waals surface area contributed by atoms with E-state index in [4.69, 9.17) is 5.73 Å². The maximum absolute atomic E-state index is 12.6. The minimum atomic E-state index is -3.46. The average molecular weight is 269 g/mol. The molecular formula is C12H19N3O2S. The molecule has 1 saturated heterocycles. The fourth-order valence-corrected chi connectivity index (χ4v) is 4.37. The van der Waals surface area contributed by atoms with Crippen LogP contribution in [0.25, 0.3) is 0 Å². The van der Waals surface area contributed by atoms with Gasteiger partial charge in [-0.2, -0.15) is 4.31 Å². The maximum atomic E-state index is 12.6. The van der Waals surface area contributed by atoms with E-state index in [2.05, 4.69) is 4.98 Å². The van der Waals surface area contributed by atoms with Gasteiger partial charge in [0.2, 0.25) is 10.0 Å². The Hall–Kier alpha value is -1.14. The molecule has 1 aromatic rings. The molecule has 0 amide bonds. The molecule has 2 rings (SSSR count). The molecule has 0 bridgehead atoms. The summed E-state index contributed by atoms with van der Waals surface area (Å²) >= 11 is 0. The molecule has 5 nitrogen and oxygen atoms in total. The molecule has 0 spiro atoms. The third-order valence-corrected chi connectivity index (χ3v) is 5.56. The van der Waals surface area contributed by atoms with Gasteiger partial charge in [-0.3, -0.25) is 0 Å². The fraction of sp³-hybridized carbons (Fsp3) is 0.583.